The van der Waals surface area contributed by atoms with Crippen LogP contribution in [0.2, 0.25) is 5.02 Å². The predicted molar refractivity (Wildman–Crippen MR) is 76.6 cm³/mol. The number of carbonyl (C=O) groups is 1. The summed E-state index contributed by atoms with van der Waals surface area (Å²) in [6.07, 6.45) is 0.378. The summed E-state index contributed by atoms with van der Waals surface area (Å²) >= 11 is 7.56. The fourth-order valence-corrected chi connectivity index (χ4v) is 3.52. The highest BCUT2D eigenvalue weighted by atomic mass is 35.5. The van der Waals surface area contributed by atoms with Crippen molar-refractivity contribution in [3.8, 4) is 5.75 Å². The maximum atomic E-state index is 12.3. The number of carbonyl (C=O) groups excluding carboxylic acids is 1. The Labute approximate surface area is 120 Å². The van der Waals surface area contributed by atoms with Crippen LogP contribution in [0.25, 0.3) is 0 Å². The molecule has 2 aromatic carbocycles. The van der Waals surface area contributed by atoms with Crippen LogP contribution in [0.5, 0.6) is 5.75 Å². The van der Waals surface area contributed by atoms with Gasteiger partial charge >= 0.3 is 0 Å². The minimum atomic E-state index is 0.0995. The monoisotopic (exact) mass is 290 g/mol. The smallest absolute Gasteiger partial charge is 0.168 e. The maximum Gasteiger partial charge on any atom is 0.168 e. The average molecular weight is 291 g/mol. The Hall–Kier alpha value is -1.45. The van der Waals surface area contributed by atoms with Crippen molar-refractivity contribution in [2.75, 3.05) is 7.11 Å². The van der Waals surface area contributed by atoms with Gasteiger partial charge in [0.2, 0.25) is 0 Å². The third-order valence-corrected chi connectivity index (χ3v) is 4.56. The Kier molecular flexibility index (Phi) is 3.25. The summed E-state index contributed by atoms with van der Waals surface area (Å²) in [5, 5.41) is 0.657. The van der Waals surface area contributed by atoms with Crippen LogP contribution in [0.4, 0.5) is 0 Å². The van der Waals surface area contributed by atoms with E-state index in [0.717, 1.165) is 26.7 Å². The lowest BCUT2D eigenvalue weighted by molar-refractivity contribution is 0.0989. The molecule has 0 radical (unpaired) electrons. The number of fused-ring (bicyclic) bond motifs is 2. The number of ketones is 1. The summed E-state index contributed by atoms with van der Waals surface area (Å²) in [4.78, 5) is 14.3. The largest absolute Gasteiger partial charge is 0.496 e. The van der Waals surface area contributed by atoms with Crippen LogP contribution < -0.4 is 4.74 Å². The zero-order valence-corrected chi connectivity index (χ0v) is 11.8. The van der Waals surface area contributed by atoms with Crippen molar-refractivity contribution < 1.29 is 9.53 Å². The van der Waals surface area contributed by atoms with Crippen molar-refractivity contribution in [1.29, 1.82) is 0 Å². The number of hydrogen-bond acceptors (Lipinski definition) is 3. The summed E-state index contributed by atoms with van der Waals surface area (Å²) < 4.78 is 5.36. The van der Waals surface area contributed by atoms with Gasteiger partial charge in [-0.1, -0.05) is 29.4 Å². The van der Waals surface area contributed by atoms with Crippen LogP contribution in [0.3, 0.4) is 0 Å². The first-order chi connectivity index (χ1) is 9.19. The molecule has 0 N–H and O–H groups in total. The van der Waals surface area contributed by atoms with Crippen LogP contribution in [-0.2, 0) is 6.42 Å². The summed E-state index contributed by atoms with van der Waals surface area (Å²) in [5.74, 6) is 0.834. The van der Waals surface area contributed by atoms with Gasteiger partial charge in [-0.15, -0.1) is 0 Å². The van der Waals surface area contributed by atoms with Gasteiger partial charge in [-0.25, -0.2) is 0 Å². The minimum Gasteiger partial charge on any atom is -0.496 e. The van der Waals surface area contributed by atoms with E-state index in [9.17, 15) is 4.79 Å². The molecule has 96 valence electrons. The quantitative estimate of drug-likeness (QED) is 0.786. The molecule has 2 nitrogen and oxygen atoms in total. The molecule has 0 spiro atoms. The van der Waals surface area contributed by atoms with E-state index in [4.69, 9.17) is 16.3 Å². The molecule has 0 saturated heterocycles. The van der Waals surface area contributed by atoms with E-state index < -0.39 is 0 Å². The Morgan fingerprint density at radius 2 is 2.11 bits per heavy atom. The van der Waals surface area contributed by atoms with Crippen molar-refractivity contribution in [1.82, 2.24) is 0 Å². The normalized spacial score (nSPS) is 13.5. The van der Waals surface area contributed by atoms with Gasteiger partial charge in [-0.05, 0) is 35.9 Å². The van der Waals surface area contributed by atoms with Gasteiger partial charge < -0.3 is 4.74 Å². The molecule has 19 heavy (non-hydrogen) atoms. The molecule has 2 aromatic rings. The van der Waals surface area contributed by atoms with Gasteiger partial charge in [0, 0.05) is 21.9 Å². The second-order valence-corrected chi connectivity index (χ2v) is 5.78. The summed E-state index contributed by atoms with van der Waals surface area (Å²) in [7, 11) is 1.62. The molecular weight excluding hydrogens is 280 g/mol. The SMILES string of the molecule is COc1cccc2c1Sc1ccc(Cl)cc1CC2=O. The molecule has 0 aliphatic carbocycles. The third-order valence-electron chi connectivity index (χ3n) is 3.08. The van der Waals surface area contributed by atoms with Crippen molar-refractivity contribution in [2.24, 2.45) is 0 Å². The number of ether oxygens (including phenoxy) is 1. The molecular formula is C15H11ClO2S. The Morgan fingerprint density at radius 1 is 1.26 bits per heavy atom. The van der Waals surface area contributed by atoms with E-state index in [1.807, 2.05) is 36.4 Å². The third kappa shape index (κ3) is 2.24. The van der Waals surface area contributed by atoms with E-state index >= 15 is 0 Å². The fourth-order valence-electron chi connectivity index (χ4n) is 2.17. The predicted octanol–water partition coefficient (Wildman–Crippen LogP) is 4.24. The van der Waals surface area contributed by atoms with E-state index in [2.05, 4.69) is 0 Å². The lowest BCUT2D eigenvalue weighted by Crippen LogP contribution is -2.03. The molecule has 1 heterocycles. The second-order valence-electron chi connectivity index (χ2n) is 4.29. The molecule has 0 amide bonds. The zero-order chi connectivity index (χ0) is 13.4. The number of benzene rings is 2. The molecule has 3 rings (SSSR count). The lowest BCUT2D eigenvalue weighted by atomic mass is 10.0. The molecule has 1 aliphatic rings. The van der Waals surface area contributed by atoms with Crippen LogP contribution in [0, 0.1) is 0 Å². The van der Waals surface area contributed by atoms with Gasteiger partial charge in [0.25, 0.3) is 0 Å². The molecule has 0 unspecified atom stereocenters. The number of Topliss-reactive ketones (excluding diaryl/α,β-unsaturated/α-hetero) is 1. The fraction of sp³-hybridized carbons (Fsp3) is 0.133. The number of methoxy groups -OCH3 is 1. The Balaban J connectivity index is 2.19. The molecule has 1 aliphatic heterocycles. The van der Waals surface area contributed by atoms with E-state index in [1.54, 1.807) is 18.9 Å². The summed E-state index contributed by atoms with van der Waals surface area (Å²) in [6.45, 7) is 0. The average Bonchev–Trinajstić information content (AvgIpc) is 2.54. The van der Waals surface area contributed by atoms with E-state index in [-0.39, 0.29) is 5.78 Å². The molecule has 0 saturated carbocycles. The first-order valence-corrected chi connectivity index (χ1v) is 7.05. The maximum absolute atomic E-state index is 12.3. The summed E-state index contributed by atoms with van der Waals surface area (Å²) in [5.41, 5.74) is 1.69. The summed E-state index contributed by atoms with van der Waals surface area (Å²) in [6, 6.07) is 11.2. The van der Waals surface area contributed by atoms with Gasteiger partial charge in [0.05, 0.1) is 12.0 Å². The Morgan fingerprint density at radius 3 is 2.89 bits per heavy atom. The van der Waals surface area contributed by atoms with Crippen LogP contribution in [0.15, 0.2) is 46.2 Å². The molecule has 0 fully saturated rings. The van der Waals surface area contributed by atoms with Gasteiger partial charge in [-0.3, -0.25) is 4.79 Å². The number of rotatable bonds is 1. The number of hydrogen-bond donors (Lipinski definition) is 0. The van der Waals surface area contributed by atoms with Crippen molar-refractivity contribution in [3.05, 3.63) is 52.5 Å². The molecule has 0 atom stereocenters. The number of halogens is 1. The van der Waals surface area contributed by atoms with Crippen LogP contribution in [-0.4, -0.2) is 12.9 Å². The second kappa shape index (κ2) is 4.91. The topological polar surface area (TPSA) is 26.3 Å². The standard InChI is InChI=1S/C15H11ClO2S/c1-18-13-4-2-3-11-12(17)8-9-7-10(16)5-6-14(9)19-15(11)13/h2-7H,8H2,1H3. The van der Waals surface area contributed by atoms with Gasteiger partial charge in [-0.2, -0.15) is 0 Å². The zero-order valence-electron chi connectivity index (χ0n) is 10.3. The molecule has 0 bridgehead atoms. The minimum absolute atomic E-state index is 0.0995. The first-order valence-electron chi connectivity index (χ1n) is 5.85. The highest BCUT2D eigenvalue weighted by Crippen LogP contribution is 2.42. The first kappa shape index (κ1) is 12.6. The van der Waals surface area contributed by atoms with E-state index in [1.165, 1.54) is 0 Å². The van der Waals surface area contributed by atoms with Crippen molar-refractivity contribution in [2.45, 2.75) is 16.2 Å². The van der Waals surface area contributed by atoms with E-state index in [0.29, 0.717) is 11.4 Å². The highest BCUT2D eigenvalue weighted by Gasteiger charge is 2.23. The Bertz CT molecular complexity index is 667. The van der Waals surface area contributed by atoms with Crippen LogP contribution in [0.1, 0.15) is 15.9 Å². The van der Waals surface area contributed by atoms with Gasteiger partial charge in [0.1, 0.15) is 5.75 Å². The van der Waals surface area contributed by atoms with Crippen LogP contribution >= 0.6 is 23.4 Å². The highest BCUT2D eigenvalue weighted by molar-refractivity contribution is 7.99. The molecule has 4 heteroatoms. The molecule has 0 aromatic heterocycles. The van der Waals surface area contributed by atoms with Gasteiger partial charge in [0.15, 0.2) is 5.78 Å². The van der Waals surface area contributed by atoms with Crippen molar-refractivity contribution in [3.63, 3.8) is 0 Å². The lowest BCUT2D eigenvalue weighted by Gasteiger charge is -2.10. The van der Waals surface area contributed by atoms with Crippen molar-refractivity contribution >= 4 is 29.1 Å².